The third kappa shape index (κ3) is 9.02. The summed E-state index contributed by atoms with van der Waals surface area (Å²) in [6.07, 6.45) is 0. The summed E-state index contributed by atoms with van der Waals surface area (Å²) in [6.45, 7) is 0. The van der Waals surface area contributed by atoms with Crippen LogP contribution in [-0.2, 0) is 0 Å². The van der Waals surface area contributed by atoms with Crippen molar-refractivity contribution >= 4 is 63.1 Å². The molecule has 1 nitrogen and oxygen atoms in total. The van der Waals surface area contributed by atoms with Crippen LogP contribution in [0.4, 0.5) is 0 Å². The molecule has 0 aromatic rings. The van der Waals surface area contributed by atoms with Crippen molar-refractivity contribution in [2.24, 2.45) is 0 Å². The SMILES string of the molecule is Br.O.[MgH2].[MgH2]. The molecule has 0 saturated heterocycles. The summed E-state index contributed by atoms with van der Waals surface area (Å²) in [5.74, 6) is 0. The first-order valence-corrected chi connectivity index (χ1v) is 0. The Balaban J connectivity index is 0. The molecule has 0 aromatic heterocycles. The van der Waals surface area contributed by atoms with E-state index in [-0.39, 0.29) is 68.6 Å². The maximum absolute atomic E-state index is 0. The third-order valence-corrected chi connectivity index (χ3v) is 0. The molecule has 0 saturated carbocycles. The molecule has 0 radical (unpaired) electrons. The molecule has 2 N–H and O–H groups in total. The zero-order valence-electron chi connectivity index (χ0n) is 0.908. The molecule has 4 heteroatoms. The van der Waals surface area contributed by atoms with Crippen molar-refractivity contribution in [3.05, 3.63) is 0 Å². The average molecular weight is 152 g/mol. The lowest BCUT2D eigenvalue weighted by molar-refractivity contribution is 0.824. The quantitative estimate of drug-likeness (QED) is 0.356. The van der Waals surface area contributed by atoms with Gasteiger partial charge in [-0.1, -0.05) is 0 Å². The fraction of sp³-hybridized carbons (Fsp3) is 0. The van der Waals surface area contributed by atoms with Gasteiger partial charge in [-0.05, 0) is 0 Å². The van der Waals surface area contributed by atoms with Gasteiger partial charge in [-0.2, -0.15) is 0 Å². The molecule has 0 unspecified atom stereocenters. The minimum Gasteiger partial charge on any atom is -0.412 e. The third-order valence-electron chi connectivity index (χ3n) is 0. The fourth-order valence-corrected chi connectivity index (χ4v) is 0. The first-order chi connectivity index (χ1) is 0. The first-order valence-electron chi connectivity index (χ1n) is 0. The number of hydrogen-bond acceptors (Lipinski definition) is 0. The Hall–Kier alpha value is 1.97. The Labute approximate surface area is 67.9 Å². The normalized spacial score (nSPS) is 0. The van der Waals surface area contributed by atoms with E-state index in [2.05, 4.69) is 0 Å². The summed E-state index contributed by atoms with van der Waals surface area (Å²) in [6, 6.07) is 0. The van der Waals surface area contributed by atoms with Crippen LogP contribution in [0.5, 0.6) is 0 Å². The van der Waals surface area contributed by atoms with E-state index < -0.39 is 0 Å². The second-order valence-electron chi connectivity index (χ2n) is 0. The van der Waals surface area contributed by atoms with Crippen LogP contribution in [0.3, 0.4) is 0 Å². The second kappa shape index (κ2) is 20.2. The second-order valence-corrected chi connectivity index (χ2v) is 0. The van der Waals surface area contributed by atoms with Crippen LogP contribution >= 0.6 is 17.0 Å². The lowest BCUT2D eigenvalue weighted by Crippen LogP contribution is -0.382. The van der Waals surface area contributed by atoms with Gasteiger partial charge in [-0.15, -0.1) is 17.0 Å². The van der Waals surface area contributed by atoms with Gasteiger partial charge < -0.3 is 5.48 Å². The molecule has 0 heterocycles. The van der Waals surface area contributed by atoms with Crippen molar-refractivity contribution in [2.45, 2.75) is 0 Å². The zero-order chi connectivity index (χ0) is 0. The Bertz CT molecular complexity index is 6.00. The molecule has 0 aliphatic heterocycles. The summed E-state index contributed by atoms with van der Waals surface area (Å²) < 4.78 is 0. The van der Waals surface area contributed by atoms with Crippen molar-refractivity contribution < 1.29 is 5.48 Å². The van der Waals surface area contributed by atoms with Crippen molar-refractivity contribution in [1.82, 2.24) is 0 Å². The Kier molecular flexibility index (Phi) is 191. The average Bonchev–Trinajstić information content (AvgIpc) is 0. The summed E-state index contributed by atoms with van der Waals surface area (Å²) in [7, 11) is 0. The Morgan fingerprint density at radius 3 is 0.750 bits per heavy atom. The monoisotopic (exact) mass is 150 g/mol. The van der Waals surface area contributed by atoms with Gasteiger partial charge in [0.05, 0.1) is 0 Å². The highest BCUT2D eigenvalue weighted by atomic mass is 79.9. The van der Waals surface area contributed by atoms with Gasteiger partial charge in [0.1, 0.15) is 0 Å². The molecule has 0 spiro atoms. The van der Waals surface area contributed by atoms with E-state index in [4.69, 9.17) is 0 Å². The molecule has 0 aliphatic rings. The minimum atomic E-state index is 0. The molecule has 0 aliphatic carbocycles. The molecule has 0 rings (SSSR count). The van der Waals surface area contributed by atoms with Crippen LogP contribution in [0.15, 0.2) is 0 Å². The molecule has 24 valence electrons. The Morgan fingerprint density at radius 2 is 0.750 bits per heavy atom. The van der Waals surface area contributed by atoms with Crippen LogP contribution in [0.1, 0.15) is 0 Å². The number of halogens is 1. The van der Waals surface area contributed by atoms with Gasteiger partial charge >= 0.3 is 46.1 Å². The van der Waals surface area contributed by atoms with Crippen molar-refractivity contribution in [1.29, 1.82) is 0 Å². The summed E-state index contributed by atoms with van der Waals surface area (Å²) >= 11 is 0. The molecule has 0 amide bonds. The number of hydrogen-bond donors (Lipinski definition) is 0. The van der Waals surface area contributed by atoms with Gasteiger partial charge in [0, 0.05) is 0 Å². The first kappa shape index (κ1) is 38.0. The zero-order valence-corrected chi connectivity index (χ0v) is 2.62. The van der Waals surface area contributed by atoms with Gasteiger partial charge in [-0.25, -0.2) is 0 Å². The van der Waals surface area contributed by atoms with Crippen molar-refractivity contribution in [3.63, 3.8) is 0 Å². The van der Waals surface area contributed by atoms with E-state index in [0.29, 0.717) is 0 Å². The van der Waals surface area contributed by atoms with E-state index in [0.717, 1.165) is 0 Å². The number of rotatable bonds is 0. The van der Waals surface area contributed by atoms with E-state index in [1.807, 2.05) is 0 Å². The van der Waals surface area contributed by atoms with Gasteiger partial charge in [0.2, 0.25) is 0 Å². The summed E-state index contributed by atoms with van der Waals surface area (Å²) in [5, 5.41) is 0. The summed E-state index contributed by atoms with van der Waals surface area (Å²) in [4.78, 5) is 0. The molecular weight excluding hydrogens is 145 g/mol. The molecule has 0 aromatic carbocycles. The van der Waals surface area contributed by atoms with E-state index >= 15 is 0 Å². The van der Waals surface area contributed by atoms with E-state index in [9.17, 15) is 0 Å². The smallest absolute Gasteiger partial charge is 0.316 e. The highest BCUT2D eigenvalue weighted by molar-refractivity contribution is 8.93. The van der Waals surface area contributed by atoms with Crippen LogP contribution in [0, 0.1) is 0 Å². The molecule has 0 fully saturated rings. The van der Waals surface area contributed by atoms with Gasteiger partial charge in [-0.3, -0.25) is 0 Å². The molecular formula is H7BrMg2O. The van der Waals surface area contributed by atoms with Crippen molar-refractivity contribution in [2.75, 3.05) is 0 Å². The lowest BCUT2D eigenvalue weighted by Gasteiger charge is -0.412. The standard InChI is InChI=1S/BrH.2Mg.H2O.4H/h1H;;;1H2;;;;. The Morgan fingerprint density at radius 1 is 0.750 bits per heavy atom. The van der Waals surface area contributed by atoms with Gasteiger partial charge in [0.15, 0.2) is 0 Å². The van der Waals surface area contributed by atoms with E-state index in [1.54, 1.807) is 0 Å². The van der Waals surface area contributed by atoms with E-state index in [1.165, 1.54) is 0 Å². The predicted molar refractivity (Wildman–Crippen MR) is 31.0 cm³/mol. The lowest BCUT2D eigenvalue weighted by atomic mass is 16.0. The highest BCUT2D eigenvalue weighted by Crippen LogP contribution is 0.846. The highest BCUT2D eigenvalue weighted by Gasteiger charge is 0.317. The van der Waals surface area contributed by atoms with Crippen LogP contribution in [0.25, 0.3) is 0 Å². The van der Waals surface area contributed by atoms with Crippen molar-refractivity contribution in [3.8, 4) is 0 Å². The topological polar surface area (TPSA) is 31.5 Å². The molecule has 0 atom stereocenters. The molecule has 4 heavy (non-hydrogen) atoms. The largest absolute Gasteiger partial charge is 0.412 e. The van der Waals surface area contributed by atoms with Crippen LogP contribution < -0.4 is 0 Å². The van der Waals surface area contributed by atoms with Crippen LogP contribution in [0.2, 0.25) is 0 Å². The summed E-state index contributed by atoms with van der Waals surface area (Å²) in [5.41, 5.74) is 0. The minimum absolute atomic E-state index is 0. The maximum Gasteiger partial charge on any atom is 0.316 e. The predicted octanol–water partition coefficient (Wildman–Crippen LogP) is -2.08. The maximum atomic E-state index is 0. The fourth-order valence-electron chi connectivity index (χ4n) is 0. The molecule has 0 bridgehead atoms. The van der Waals surface area contributed by atoms with Crippen LogP contribution in [-0.4, -0.2) is 51.6 Å². The van der Waals surface area contributed by atoms with Gasteiger partial charge in [0.25, 0.3) is 0 Å².